The standard InChI is InChI=1S/C14H16N2S/c1-3-4-10-8-12(14(15)17)11-7-9(2)5-6-13(11)16-10/h5-8H,3-4H2,1-2H3,(H2,15,17). The summed E-state index contributed by atoms with van der Waals surface area (Å²) in [6.07, 6.45) is 2.03. The third kappa shape index (κ3) is 2.44. The maximum absolute atomic E-state index is 5.80. The smallest absolute Gasteiger partial charge is 0.104 e. The Morgan fingerprint density at radius 3 is 2.76 bits per heavy atom. The number of pyridine rings is 1. The van der Waals surface area contributed by atoms with Crippen LogP contribution in [0.5, 0.6) is 0 Å². The van der Waals surface area contributed by atoms with E-state index in [1.165, 1.54) is 5.56 Å². The van der Waals surface area contributed by atoms with Crippen LogP contribution in [0, 0.1) is 6.92 Å². The van der Waals surface area contributed by atoms with Crippen LogP contribution in [0.2, 0.25) is 0 Å². The van der Waals surface area contributed by atoms with Crippen molar-refractivity contribution in [2.24, 2.45) is 5.73 Å². The molecular formula is C14H16N2S. The third-order valence-electron chi connectivity index (χ3n) is 2.79. The van der Waals surface area contributed by atoms with Crippen molar-refractivity contribution in [1.82, 2.24) is 4.98 Å². The number of benzene rings is 1. The lowest BCUT2D eigenvalue weighted by Crippen LogP contribution is -2.11. The number of thiocarbonyl (C=S) groups is 1. The highest BCUT2D eigenvalue weighted by atomic mass is 32.1. The third-order valence-corrected chi connectivity index (χ3v) is 3.01. The Morgan fingerprint density at radius 2 is 2.12 bits per heavy atom. The van der Waals surface area contributed by atoms with E-state index in [2.05, 4.69) is 31.0 Å². The molecule has 3 heteroatoms. The molecule has 0 saturated carbocycles. The van der Waals surface area contributed by atoms with Crippen LogP contribution in [-0.4, -0.2) is 9.97 Å². The summed E-state index contributed by atoms with van der Waals surface area (Å²) in [5.41, 5.74) is 9.97. The molecule has 88 valence electrons. The van der Waals surface area contributed by atoms with Crippen LogP contribution in [0.4, 0.5) is 0 Å². The first-order valence-electron chi connectivity index (χ1n) is 5.82. The summed E-state index contributed by atoms with van der Waals surface area (Å²) in [4.78, 5) is 5.08. The van der Waals surface area contributed by atoms with Crippen molar-refractivity contribution in [3.8, 4) is 0 Å². The fraction of sp³-hybridized carbons (Fsp3) is 0.286. The van der Waals surface area contributed by atoms with E-state index in [9.17, 15) is 0 Å². The molecule has 0 bridgehead atoms. The van der Waals surface area contributed by atoms with Crippen molar-refractivity contribution in [1.29, 1.82) is 0 Å². The Morgan fingerprint density at radius 1 is 1.35 bits per heavy atom. The number of hydrogen-bond acceptors (Lipinski definition) is 2. The van der Waals surface area contributed by atoms with Crippen LogP contribution in [0.25, 0.3) is 10.9 Å². The quantitative estimate of drug-likeness (QED) is 0.843. The Kier molecular flexibility index (Phi) is 3.38. The fourth-order valence-corrected chi connectivity index (χ4v) is 2.15. The molecule has 17 heavy (non-hydrogen) atoms. The van der Waals surface area contributed by atoms with Gasteiger partial charge >= 0.3 is 0 Å². The number of aryl methyl sites for hydroxylation is 2. The van der Waals surface area contributed by atoms with E-state index in [1.54, 1.807) is 0 Å². The predicted octanol–water partition coefficient (Wildman–Crippen LogP) is 3.13. The minimum atomic E-state index is 0.445. The zero-order valence-corrected chi connectivity index (χ0v) is 11.0. The lowest BCUT2D eigenvalue weighted by Gasteiger charge is -2.08. The highest BCUT2D eigenvalue weighted by Gasteiger charge is 2.07. The minimum Gasteiger partial charge on any atom is -0.389 e. The number of nitrogens with zero attached hydrogens (tertiary/aromatic N) is 1. The summed E-state index contributed by atoms with van der Waals surface area (Å²) in [6.45, 7) is 4.20. The molecule has 0 aliphatic rings. The normalized spacial score (nSPS) is 10.7. The number of aromatic nitrogens is 1. The van der Waals surface area contributed by atoms with Crippen LogP contribution in [0.1, 0.15) is 30.2 Å². The first-order valence-corrected chi connectivity index (χ1v) is 6.22. The van der Waals surface area contributed by atoms with Crippen LogP contribution < -0.4 is 5.73 Å². The van der Waals surface area contributed by atoms with Gasteiger partial charge in [-0.1, -0.05) is 37.2 Å². The average molecular weight is 244 g/mol. The molecule has 2 N–H and O–H groups in total. The summed E-state index contributed by atoms with van der Waals surface area (Å²) in [5, 5.41) is 1.05. The van der Waals surface area contributed by atoms with Gasteiger partial charge < -0.3 is 5.73 Å². The van der Waals surface area contributed by atoms with Crippen molar-refractivity contribution >= 4 is 28.1 Å². The molecular weight excluding hydrogens is 228 g/mol. The molecule has 0 saturated heterocycles. The predicted molar refractivity (Wildman–Crippen MR) is 76.4 cm³/mol. The zero-order valence-electron chi connectivity index (χ0n) is 10.2. The maximum atomic E-state index is 5.80. The first-order chi connectivity index (χ1) is 8.11. The molecule has 2 nitrogen and oxygen atoms in total. The van der Waals surface area contributed by atoms with E-state index in [0.717, 1.165) is 35.0 Å². The van der Waals surface area contributed by atoms with Crippen LogP contribution in [-0.2, 0) is 6.42 Å². The van der Waals surface area contributed by atoms with Gasteiger partial charge in [0.2, 0.25) is 0 Å². The fourth-order valence-electron chi connectivity index (χ4n) is 1.98. The van der Waals surface area contributed by atoms with E-state index < -0.39 is 0 Å². The Bertz CT molecular complexity index is 576. The topological polar surface area (TPSA) is 38.9 Å². The molecule has 1 heterocycles. The summed E-state index contributed by atoms with van der Waals surface area (Å²) >= 11 is 5.13. The summed E-state index contributed by atoms with van der Waals surface area (Å²) in [5.74, 6) is 0. The van der Waals surface area contributed by atoms with Gasteiger partial charge in [-0.05, 0) is 31.5 Å². The largest absolute Gasteiger partial charge is 0.389 e. The van der Waals surface area contributed by atoms with Gasteiger partial charge in [0, 0.05) is 16.6 Å². The maximum Gasteiger partial charge on any atom is 0.104 e. The minimum absolute atomic E-state index is 0.445. The molecule has 0 aliphatic carbocycles. The van der Waals surface area contributed by atoms with Gasteiger partial charge in [-0.25, -0.2) is 0 Å². The van der Waals surface area contributed by atoms with Gasteiger partial charge in [0.1, 0.15) is 4.99 Å². The zero-order chi connectivity index (χ0) is 12.4. The van der Waals surface area contributed by atoms with Gasteiger partial charge in [-0.2, -0.15) is 0 Å². The van der Waals surface area contributed by atoms with Crippen molar-refractivity contribution in [3.05, 3.63) is 41.1 Å². The summed E-state index contributed by atoms with van der Waals surface area (Å²) in [7, 11) is 0. The molecule has 2 aromatic rings. The van der Waals surface area contributed by atoms with Gasteiger partial charge in [0.25, 0.3) is 0 Å². The van der Waals surface area contributed by atoms with E-state index in [0.29, 0.717) is 4.99 Å². The molecule has 0 amide bonds. The van der Waals surface area contributed by atoms with Gasteiger partial charge in [-0.3, -0.25) is 4.98 Å². The van der Waals surface area contributed by atoms with E-state index >= 15 is 0 Å². The SMILES string of the molecule is CCCc1cc(C(N)=S)c2cc(C)ccc2n1. The van der Waals surface area contributed by atoms with Crippen LogP contribution in [0.15, 0.2) is 24.3 Å². The second-order valence-electron chi connectivity index (χ2n) is 4.30. The van der Waals surface area contributed by atoms with Crippen molar-refractivity contribution in [2.75, 3.05) is 0 Å². The lowest BCUT2D eigenvalue weighted by molar-refractivity contribution is 0.889. The van der Waals surface area contributed by atoms with Crippen LogP contribution >= 0.6 is 12.2 Å². The molecule has 0 aliphatic heterocycles. The van der Waals surface area contributed by atoms with Crippen LogP contribution in [0.3, 0.4) is 0 Å². The Balaban J connectivity index is 2.72. The summed E-state index contributed by atoms with van der Waals surface area (Å²) < 4.78 is 0. The van der Waals surface area contributed by atoms with E-state index in [4.69, 9.17) is 18.0 Å². The molecule has 0 radical (unpaired) electrons. The van der Waals surface area contributed by atoms with E-state index in [1.807, 2.05) is 12.1 Å². The lowest BCUT2D eigenvalue weighted by atomic mass is 10.0. The molecule has 1 aromatic carbocycles. The molecule has 1 aromatic heterocycles. The summed E-state index contributed by atoms with van der Waals surface area (Å²) in [6, 6.07) is 8.21. The monoisotopic (exact) mass is 244 g/mol. The Labute approximate surface area is 107 Å². The first kappa shape index (κ1) is 12.0. The number of hydrogen-bond donors (Lipinski definition) is 1. The van der Waals surface area contributed by atoms with Gasteiger partial charge in [0.15, 0.2) is 0 Å². The molecule has 0 fully saturated rings. The van der Waals surface area contributed by atoms with Gasteiger partial charge in [-0.15, -0.1) is 0 Å². The van der Waals surface area contributed by atoms with Crippen molar-refractivity contribution in [3.63, 3.8) is 0 Å². The highest BCUT2D eigenvalue weighted by Crippen LogP contribution is 2.20. The highest BCUT2D eigenvalue weighted by molar-refractivity contribution is 7.80. The van der Waals surface area contributed by atoms with Gasteiger partial charge in [0.05, 0.1) is 5.52 Å². The van der Waals surface area contributed by atoms with E-state index in [-0.39, 0.29) is 0 Å². The number of rotatable bonds is 3. The second kappa shape index (κ2) is 4.80. The molecule has 0 spiro atoms. The number of fused-ring (bicyclic) bond motifs is 1. The van der Waals surface area contributed by atoms with Crippen molar-refractivity contribution in [2.45, 2.75) is 26.7 Å². The Hall–Kier alpha value is -1.48. The second-order valence-corrected chi connectivity index (χ2v) is 4.74. The van der Waals surface area contributed by atoms with Crippen molar-refractivity contribution < 1.29 is 0 Å². The molecule has 0 atom stereocenters. The molecule has 0 unspecified atom stereocenters. The average Bonchev–Trinajstić information content (AvgIpc) is 2.28. The molecule has 2 rings (SSSR count). The number of nitrogens with two attached hydrogens (primary N) is 1.